The Labute approximate surface area is 88.7 Å². The van der Waals surface area contributed by atoms with Gasteiger partial charge in [-0.2, -0.15) is 0 Å². The Bertz CT molecular complexity index is 360. The van der Waals surface area contributed by atoms with Crippen LogP contribution in [0.1, 0.15) is 26.7 Å². The van der Waals surface area contributed by atoms with Gasteiger partial charge in [-0.1, -0.05) is 13.8 Å². The van der Waals surface area contributed by atoms with Crippen molar-refractivity contribution >= 4 is 5.69 Å². The minimum atomic E-state index is -0.358. The van der Waals surface area contributed by atoms with Crippen LogP contribution in [0.5, 0.6) is 5.88 Å². The van der Waals surface area contributed by atoms with E-state index in [0.717, 1.165) is 12.8 Å². The third-order valence-electron chi connectivity index (χ3n) is 2.02. The van der Waals surface area contributed by atoms with Crippen molar-refractivity contribution < 1.29 is 4.74 Å². The zero-order chi connectivity index (χ0) is 11.3. The number of aromatic nitrogens is 2. The van der Waals surface area contributed by atoms with Gasteiger partial charge in [0.25, 0.3) is 5.56 Å². The van der Waals surface area contributed by atoms with Crippen molar-refractivity contribution in [3.05, 3.63) is 16.7 Å². The lowest BCUT2D eigenvalue weighted by Crippen LogP contribution is -2.15. The predicted octanol–water partition coefficient (Wildman–Crippen LogP) is 1.17. The van der Waals surface area contributed by atoms with Crippen LogP contribution < -0.4 is 16.0 Å². The van der Waals surface area contributed by atoms with E-state index in [1.807, 2.05) is 0 Å². The maximum atomic E-state index is 11.1. The van der Waals surface area contributed by atoms with Gasteiger partial charge in [0.15, 0.2) is 5.69 Å². The third-order valence-corrected chi connectivity index (χ3v) is 2.02. The minimum Gasteiger partial charge on any atom is -0.476 e. The maximum Gasteiger partial charge on any atom is 0.277 e. The summed E-state index contributed by atoms with van der Waals surface area (Å²) in [7, 11) is 0. The van der Waals surface area contributed by atoms with E-state index in [2.05, 4.69) is 23.8 Å². The molecule has 1 aromatic rings. The number of nitrogens with one attached hydrogen (secondary N) is 1. The predicted molar refractivity (Wildman–Crippen MR) is 58.8 cm³/mol. The van der Waals surface area contributed by atoms with Crippen molar-refractivity contribution in [3.63, 3.8) is 0 Å². The number of nitrogen functional groups attached to an aromatic ring is 1. The Balaban J connectivity index is 2.44. The summed E-state index contributed by atoms with van der Waals surface area (Å²) in [5.41, 5.74) is 5.18. The second kappa shape index (κ2) is 5.38. The highest BCUT2D eigenvalue weighted by atomic mass is 16.5. The highest BCUT2D eigenvalue weighted by Gasteiger charge is 2.05. The number of anilines is 1. The first-order valence-corrected chi connectivity index (χ1v) is 5.07. The first kappa shape index (κ1) is 11.6. The van der Waals surface area contributed by atoms with Crippen molar-refractivity contribution in [2.45, 2.75) is 26.7 Å². The Morgan fingerprint density at radius 1 is 1.60 bits per heavy atom. The molecule has 0 fully saturated rings. The van der Waals surface area contributed by atoms with Gasteiger partial charge < -0.3 is 15.5 Å². The molecule has 3 N–H and O–H groups in total. The van der Waals surface area contributed by atoms with Gasteiger partial charge in [0, 0.05) is 0 Å². The van der Waals surface area contributed by atoms with Crippen molar-refractivity contribution in [2.24, 2.45) is 5.92 Å². The monoisotopic (exact) mass is 211 g/mol. The molecule has 0 aliphatic carbocycles. The number of nitrogens with two attached hydrogens (primary N) is 1. The van der Waals surface area contributed by atoms with Gasteiger partial charge in [-0.15, -0.1) is 0 Å². The number of aromatic amines is 1. The number of hydrogen-bond donors (Lipinski definition) is 2. The van der Waals surface area contributed by atoms with E-state index in [1.54, 1.807) is 0 Å². The van der Waals surface area contributed by atoms with E-state index in [-0.39, 0.29) is 17.1 Å². The summed E-state index contributed by atoms with van der Waals surface area (Å²) in [6.45, 7) is 4.85. The third kappa shape index (κ3) is 3.61. The molecule has 0 amide bonds. The van der Waals surface area contributed by atoms with Crippen LogP contribution in [-0.4, -0.2) is 16.6 Å². The lowest BCUT2D eigenvalue weighted by molar-refractivity contribution is 0.288. The van der Waals surface area contributed by atoms with E-state index >= 15 is 0 Å². The zero-order valence-corrected chi connectivity index (χ0v) is 9.12. The fourth-order valence-electron chi connectivity index (χ4n) is 1.17. The molecule has 0 spiro atoms. The molecular formula is C10H17N3O2. The summed E-state index contributed by atoms with van der Waals surface area (Å²) >= 11 is 0. The molecule has 5 nitrogen and oxygen atoms in total. The molecule has 15 heavy (non-hydrogen) atoms. The maximum absolute atomic E-state index is 11.1. The fraction of sp³-hybridized carbons (Fsp3) is 0.600. The number of ether oxygens (including phenoxy) is 1. The lowest BCUT2D eigenvalue weighted by Gasteiger charge is -2.07. The van der Waals surface area contributed by atoms with Gasteiger partial charge in [-0.05, 0) is 18.8 Å². The number of rotatable bonds is 5. The molecule has 0 aliphatic rings. The normalized spacial score (nSPS) is 10.6. The van der Waals surface area contributed by atoms with E-state index in [1.165, 1.54) is 6.33 Å². The van der Waals surface area contributed by atoms with Gasteiger partial charge in [0.2, 0.25) is 5.88 Å². The van der Waals surface area contributed by atoms with Crippen LogP contribution in [0.2, 0.25) is 0 Å². The molecule has 0 saturated carbocycles. The van der Waals surface area contributed by atoms with Crippen molar-refractivity contribution in [1.29, 1.82) is 0 Å². The summed E-state index contributed by atoms with van der Waals surface area (Å²) in [6, 6.07) is 0. The molecule has 1 aromatic heterocycles. The van der Waals surface area contributed by atoms with Crippen molar-refractivity contribution in [3.8, 4) is 5.88 Å². The van der Waals surface area contributed by atoms with Crippen LogP contribution in [0, 0.1) is 5.92 Å². The van der Waals surface area contributed by atoms with E-state index in [0.29, 0.717) is 12.5 Å². The average molecular weight is 211 g/mol. The highest BCUT2D eigenvalue weighted by Crippen LogP contribution is 2.12. The van der Waals surface area contributed by atoms with Crippen LogP contribution in [0.3, 0.4) is 0 Å². The summed E-state index contributed by atoms with van der Waals surface area (Å²) in [6.07, 6.45) is 3.31. The van der Waals surface area contributed by atoms with Crippen LogP contribution in [0.25, 0.3) is 0 Å². The number of nitrogens with zero attached hydrogens (tertiary/aromatic N) is 1. The summed E-state index contributed by atoms with van der Waals surface area (Å²) in [5.74, 6) is 0.876. The zero-order valence-electron chi connectivity index (χ0n) is 9.12. The molecule has 1 heterocycles. The molecule has 0 radical (unpaired) electrons. The van der Waals surface area contributed by atoms with Crippen LogP contribution in [0.15, 0.2) is 11.1 Å². The van der Waals surface area contributed by atoms with E-state index < -0.39 is 0 Å². The first-order chi connectivity index (χ1) is 7.11. The van der Waals surface area contributed by atoms with Gasteiger partial charge in [-0.25, -0.2) is 4.98 Å². The molecule has 1 rings (SSSR count). The second-order valence-electron chi connectivity index (χ2n) is 3.84. The van der Waals surface area contributed by atoms with Crippen LogP contribution in [-0.2, 0) is 0 Å². The molecular weight excluding hydrogens is 194 g/mol. The Morgan fingerprint density at radius 3 is 3.00 bits per heavy atom. The molecule has 5 heteroatoms. The molecule has 0 saturated heterocycles. The van der Waals surface area contributed by atoms with Crippen molar-refractivity contribution in [2.75, 3.05) is 12.3 Å². The number of H-pyrrole nitrogens is 1. The second-order valence-corrected chi connectivity index (χ2v) is 3.84. The quantitative estimate of drug-likeness (QED) is 0.716. The van der Waals surface area contributed by atoms with Gasteiger partial charge in [0.05, 0.1) is 12.9 Å². The molecule has 0 aliphatic heterocycles. The molecule has 0 atom stereocenters. The summed E-state index contributed by atoms with van der Waals surface area (Å²) in [4.78, 5) is 17.3. The number of hydrogen-bond acceptors (Lipinski definition) is 4. The van der Waals surface area contributed by atoms with E-state index in [9.17, 15) is 4.79 Å². The molecule has 84 valence electrons. The molecule has 0 unspecified atom stereocenters. The largest absolute Gasteiger partial charge is 0.476 e. The first-order valence-electron chi connectivity index (χ1n) is 5.07. The summed E-state index contributed by atoms with van der Waals surface area (Å²) < 4.78 is 5.31. The standard InChI is InChI=1S/C10H17N3O2/c1-7(2)4-3-5-15-10-8(11)9(14)12-6-13-10/h6-7H,3-5,11H2,1-2H3,(H,12,13,14). The average Bonchev–Trinajstić information content (AvgIpc) is 2.18. The summed E-state index contributed by atoms with van der Waals surface area (Å²) in [5, 5.41) is 0. The topological polar surface area (TPSA) is 81.0 Å². The van der Waals surface area contributed by atoms with Gasteiger partial charge >= 0.3 is 0 Å². The highest BCUT2D eigenvalue weighted by molar-refractivity contribution is 5.44. The van der Waals surface area contributed by atoms with Crippen LogP contribution in [0.4, 0.5) is 5.69 Å². The fourth-order valence-corrected chi connectivity index (χ4v) is 1.17. The minimum absolute atomic E-state index is 0.0436. The molecule has 0 bridgehead atoms. The smallest absolute Gasteiger partial charge is 0.277 e. The lowest BCUT2D eigenvalue weighted by atomic mass is 10.1. The van der Waals surface area contributed by atoms with Gasteiger partial charge in [0.1, 0.15) is 0 Å². The Hall–Kier alpha value is -1.52. The van der Waals surface area contributed by atoms with Crippen molar-refractivity contribution in [1.82, 2.24) is 9.97 Å². The molecule has 0 aromatic carbocycles. The van der Waals surface area contributed by atoms with Gasteiger partial charge in [-0.3, -0.25) is 4.79 Å². The Morgan fingerprint density at radius 2 is 2.33 bits per heavy atom. The van der Waals surface area contributed by atoms with Crippen LogP contribution >= 0.6 is 0 Å². The SMILES string of the molecule is CC(C)CCCOc1nc[nH]c(=O)c1N. The Kier molecular flexibility index (Phi) is 4.15. The van der Waals surface area contributed by atoms with E-state index in [4.69, 9.17) is 10.5 Å².